The molecule has 0 bridgehead atoms. The van der Waals surface area contributed by atoms with Crippen LogP contribution < -0.4 is 5.48 Å². The van der Waals surface area contributed by atoms with Crippen LogP contribution in [0.3, 0.4) is 0 Å². The lowest BCUT2D eigenvalue weighted by Gasteiger charge is -2.07. The highest BCUT2D eigenvalue weighted by Crippen LogP contribution is 2.02. The highest BCUT2D eigenvalue weighted by molar-refractivity contribution is 6.29. The van der Waals surface area contributed by atoms with Gasteiger partial charge in [-0.15, -0.1) is 0 Å². The highest BCUT2D eigenvalue weighted by Gasteiger charge is 1.96. The van der Waals surface area contributed by atoms with Crippen LogP contribution in [0.25, 0.3) is 0 Å². The minimum absolute atomic E-state index is 0.502. The zero-order valence-corrected chi connectivity index (χ0v) is 4.53. The first-order valence-corrected chi connectivity index (χ1v) is 2.46. The van der Waals surface area contributed by atoms with E-state index >= 15 is 0 Å². The number of nitrogens with one attached hydrogen (secondary N) is 1. The molecule has 7 heavy (non-hydrogen) atoms. The van der Waals surface area contributed by atoms with Crippen LogP contribution in [0.5, 0.6) is 0 Å². The monoisotopic (exact) mass is 119 g/mol. The Bertz CT molecular complexity index is 91.7. The van der Waals surface area contributed by atoms with Gasteiger partial charge in [0.2, 0.25) is 0 Å². The molecule has 1 rings (SSSR count). The van der Waals surface area contributed by atoms with Crippen LogP contribution in [0.1, 0.15) is 0 Å². The summed E-state index contributed by atoms with van der Waals surface area (Å²) in [6.45, 7) is 1.22. The lowest BCUT2D eigenvalue weighted by atomic mass is 10.5. The van der Waals surface area contributed by atoms with Crippen LogP contribution >= 0.6 is 11.6 Å². The molecule has 0 aromatic carbocycles. The van der Waals surface area contributed by atoms with Gasteiger partial charge in [-0.3, -0.25) is 4.84 Å². The van der Waals surface area contributed by atoms with Crippen molar-refractivity contribution in [2.24, 2.45) is 0 Å². The average Bonchev–Trinajstić information content (AvgIpc) is 1.69. The summed E-state index contributed by atoms with van der Waals surface area (Å²) in [5.74, 6) is 0. The van der Waals surface area contributed by atoms with Crippen LogP contribution in [0.4, 0.5) is 0 Å². The van der Waals surface area contributed by atoms with E-state index in [1.54, 1.807) is 0 Å². The molecule has 0 atom stereocenters. The second-order valence-corrected chi connectivity index (χ2v) is 1.77. The lowest BCUT2D eigenvalue weighted by molar-refractivity contribution is 0.0604. The number of hydrogen-bond donors (Lipinski definition) is 1. The van der Waals surface area contributed by atoms with Crippen LogP contribution in [-0.2, 0) is 4.84 Å². The first-order valence-electron chi connectivity index (χ1n) is 2.09. The van der Waals surface area contributed by atoms with Gasteiger partial charge in [-0.05, 0) is 0 Å². The predicted molar refractivity (Wildman–Crippen MR) is 27.9 cm³/mol. The van der Waals surface area contributed by atoms with Crippen LogP contribution in [0.2, 0.25) is 0 Å². The van der Waals surface area contributed by atoms with Crippen molar-refractivity contribution in [1.29, 1.82) is 0 Å². The quantitative estimate of drug-likeness (QED) is 0.506. The van der Waals surface area contributed by atoms with Crippen LogP contribution in [-0.4, -0.2) is 13.2 Å². The van der Waals surface area contributed by atoms with Gasteiger partial charge in [0.15, 0.2) is 0 Å². The van der Waals surface area contributed by atoms with Gasteiger partial charge < -0.3 is 0 Å². The minimum Gasteiger partial charge on any atom is -0.296 e. The van der Waals surface area contributed by atoms with Crippen molar-refractivity contribution < 1.29 is 4.84 Å². The van der Waals surface area contributed by atoms with Crippen molar-refractivity contribution in [1.82, 2.24) is 5.48 Å². The molecule has 40 valence electrons. The number of hydrogen-bond acceptors (Lipinski definition) is 2. The molecule has 1 aliphatic heterocycles. The summed E-state index contributed by atoms with van der Waals surface area (Å²) in [5, 5.41) is 0.777. The zero-order valence-electron chi connectivity index (χ0n) is 3.78. The van der Waals surface area contributed by atoms with Crippen molar-refractivity contribution >= 4 is 11.6 Å². The first kappa shape index (κ1) is 5.09. The highest BCUT2D eigenvalue weighted by atomic mass is 35.5. The minimum atomic E-state index is 0.502. The van der Waals surface area contributed by atoms with Gasteiger partial charge in [-0.1, -0.05) is 17.7 Å². The molecule has 0 aromatic heterocycles. The molecular weight excluding hydrogens is 114 g/mol. The maximum Gasteiger partial charge on any atom is 0.104 e. The van der Waals surface area contributed by atoms with Crippen molar-refractivity contribution in [2.45, 2.75) is 0 Å². The summed E-state index contributed by atoms with van der Waals surface area (Å²) in [6.07, 6.45) is 1.88. The summed E-state index contributed by atoms with van der Waals surface area (Å²) >= 11 is 5.51. The summed E-state index contributed by atoms with van der Waals surface area (Å²) in [4.78, 5) is 4.73. The van der Waals surface area contributed by atoms with Gasteiger partial charge in [0, 0.05) is 11.6 Å². The van der Waals surface area contributed by atoms with Gasteiger partial charge in [-0.25, -0.2) is 0 Å². The van der Waals surface area contributed by atoms with E-state index in [4.69, 9.17) is 16.4 Å². The van der Waals surface area contributed by atoms with Gasteiger partial charge in [-0.2, -0.15) is 5.48 Å². The molecule has 0 saturated heterocycles. The number of hydroxylamine groups is 1. The molecule has 0 aliphatic carbocycles. The maximum absolute atomic E-state index is 5.51. The third-order valence-corrected chi connectivity index (χ3v) is 0.982. The second-order valence-electron chi connectivity index (χ2n) is 1.29. The van der Waals surface area contributed by atoms with E-state index < -0.39 is 0 Å². The fourth-order valence-electron chi connectivity index (χ4n) is 0.390. The molecule has 1 N–H and O–H groups in total. The molecule has 1 heterocycles. The molecule has 2 nitrogen and oxygen atoms in total. The fraction of sp³-hybridized carbons (Fsp3) is 0.500. The summed E-state index contributed by atoms with van der Waals surface area (Å²) in [7, 11) is 0. The summed E-state index contributed by atoms with van der Waals surface area (Å²) < 4.78 is 0. The van der Waals surface area contributed by atoms with Crippen LogP contribution in [0, 0.1) is 0 Å². The molecule has 0 amide bonds. The zero-order chi connectivity index (χ0) is 5.11. The standard InChI is InChI=1S/C4H6ClNO/c5-4-1-2-6-7-3-4/h1,6H,2-3H2. The third kappa shape index (κ3) is 1.47. The Morgan fingerprint density at radius 1 is 1.86 bits per heavy atom. The number of rotatable bonds is 0. The van der Waals surface area contributed by atoms with Gasteiger partial charge >= 0.3 is 0 Å². The largest absolute Gasteiger partial charge is 0.296 e. The van der Waals surface area contributed by atoms with E-state index in [1.807, 2.05) is 6.08 Å². The van der Waals surface area contributed by atoms with Crippen molar-refractivity contribution in [3.05, 3.63) is 11.1 Å². The molecule has 0 fully saturated rings. The molecule has 1 aliphatic rings. The molecule has 3 heteroatoms. The molecule has 0 saturated carbocycles. The SMILES string of the molecule is ClC1=CCNOC1. The summed E-state index contributed by atoms with van der Waals surface area (Å²) in [5.41, 5.74) is 2.65. The first-order chi connectivity index (χ1) is 3.39. The molecule has 0 spiro atoms. The van der Waals surface area contributed by atoms with E-state index in [2.05, 4.69) is 5.48 Å². The molecular formula is C4H6ClNO. The van der Waals surface area contributed by atoms with Crippen LogP contribution in [0.15, 0.2) is 11.1 Å². The van der Waals surface area contributed by atoms with Crippen molar-refractivity contribution in [2.75, 3.05) is 13.2 Å². The lowest BCUT2D eigenvalue weighted by Crippen LogP contribution is -2.19. The Morgan fingerprint density at radius 2 is 2.71 bits per heavy atom. The van der Waals surface area contributed by atoms with E-state index in [9.17, 15) is 0 Å². The number of halogens is 1. The van der Waals surface area contributed by atoms with Gasteiger partial charge in [0.05, 0.1) is 0 Å². The summed E-state index contributed by atoms with van der Waals surface area (Å²) in [6, 6.07) is 0. The maximum atomic E-state index is 5.51. The fourth-order valence-corrected chi connectivity index (χ4v) is 0.522. The molecule has 0 radical (unpaired) electrons. The smallest absolute Gasteiger partial charge is 0.104 e. The predicted octanol–water partition coefficient (Wildman–Crippen LogP) is 0.644. The Balaban J connectivity index is 2.40. The van der Waals surface area contributed by atoms with Crippen molar-refractivity contribution in [3.63, 3.8) is 0 Å². The Morgan fingerprint density at radius 3 is 3.00 bits per heavy atom. The van der Waals surface area contributed by atoms with E-state index in [-0.39, 0.29) is 0 Å². The van der Waals surface area contributed by atoms with Gasteiger partial charge in [0.1, 0.15) is 6.61 Å². The van der Waals surface area contributed by atoms with Gasteiger partial charge in [0.25, 0.3) is 0 Å². The average molecular weight is 120 g/mol. The van der Waals surface area contributed by atoms with E-state index in [0.29, 0.717) is 6.61 Å². The van der Waals surface area contributed by atoms with Crippen molar-refractivity contribution in [3.8, 4) is 0 Å². The van der Waals surface area contributed by atoms with E-state index in [1.165, 1.54) is 0 Å². The van der Waals surface area contributed by atoms with E-state index in [0.717, 1.165) is 11.6 Å². The third-order valence-electron chi connectivity index (χ3n) is 0.719. The second kappa shape index (κ2) is 2.31. The molecule has 0 aromatic rings. The Labute approximate surface area is 47.1 Å². The normalized spacial score (nSPS) is 21.6. The molecule has 0 unspecified atom stereocenters. The Hall–Kier alpha value is -0.0500. The topological polar surface area (TPSA) is 21.3 Å². The Kier molecular flexibility index (Phi) is 1.68.